The first-order valence-corrected chi connectivity index (χ1v) is 9.31. The fourth-order valence-corrected chi connectivity index (χ4v) is 3.91. The smallest absolute Gasteiger partial charge is 0.449 e. The molecule has 0 saturated heterocycles. The van der Waals surface area contributed by atoms with Crippen LogP contribution in [0.4, 0.5) is 10.5 Å². The fraction of sp³-hybridized carbons (Fsp3) is 0.238. The Labute approximate surface area is 166 Å². The van der Waals surface area contributed by atoms with Gasteiger partial charge in [0.1, 0.15) is 0 Å². The van der Waals surface area contributed by atoms with Crippen molar-refractivity contribution in [2.24, 2.45) is 0 Å². The number of anilines is 1. The standard InChI is InChI=1S/C21H19ClN2O4/c1-10-7-15(16(22)9-17(10)23)13-5-6-24-19(11(13)2)14(12-3-4-12)8-18(20(24)25)28-21(26)27/h5-9,12H,3-4,23H2,1-2H3,(H,26,27). The van der Waals surface area contributed by atoms with Crippen molar-refractivity contribution in [1.29, 1.82) is 0 Å². The predicted octanol–water partition coefficient (Wildman–Crippen LogP) is 4.75. The number of hydrogen-bond acceptors (Lipinski definition) is 4. The molecule has 1 aromatic carbocycles. The van der Waals surface area contributed by atoms with Gasteiger partial charge in [-0.15, -0.1) is 0 Å². The number of benzene rings is 1. The number of hydrogen-bond donors (Lipinski definition) is 2. The van der Waals surface area contributed by atoms with Crippen LogP contribution < -0.4 is 16.0 Å². The van der Waals surface area contributed by atoms with Gasteiger partial charge in [0.15, 0.2) is 5.75 Å². The molecule has 0 radical (unpaired) electrons. The number of carbonyl (C=O) groups is 1. The maximum atomic E-state index is 12.8. The number of aromatic nitrogens is 1. The number of nitrogens with zero attached hydrogens (tertiary/aromatic N) is 1. The average molecular weight is 399 g/mol. The first-order chi connectivity index (χ1) is 13.3. The summed E-state index contributed by atoms with van der Waals surface area (Å²) in [5.41, 5.74) is 11.3. The molecule has 28 heavy (non-hydrogen) atoms. The monoisotopic (exact) mass is 398 g/mol. The summed E-state index contributed by atoms with van der Waals surface area (Å²) in [4.78, 5) is 23.7. The van der Waals surface area contributed by atoms with E-state index in [0.717, 1.165) is 46.2 Å². The van der Waals surface area contributed by atoms with Crippen molar-refractivity contribution in [2.75, 3.05) is 5.73 Å². The Bertz CT molecular complexity index is 1200. The molecule has 0 unspecified atom stereocenters. The quantitative estimate of drug-likeness (QED) is 0.490. The zero-order chi connectivity index (χ0) is 20.2. The number of ether oxygens (including phenoxy) is 1. The van der Waals surface area contributed by atoms with Crippen molar-refractivity contribution < 1.29 is 14.6 Å². The van der Waals surface area contributed by atoms with Gasteiger partial charge in [-0.1, -0.05) is 11.6 Å². The number of nitrogens with two attached hydrogens (primary N) is 1. The molecule has 0 amide bonds. The number of rotatable bonds is 3. The van der Waals surface area contributed by atoms with E-state index in [4.69, 9.17) is 27.2 Å². The second kappa shape index (κ2) is 6.56. The topological polar surface area (TPSA) is 94.0 Å². The lowest BCUT2D eigenvalue weighted by atomic mass is 9.96. The average Bonchev–Trinajstić information content (AvgIpc) is 3.46. The molecule has 2 heterocycles. The van der Waals surface area contributed by atoms with E-state index < -0.39 is 11.7 Å². The van der Waals surface area contributed by atoms with Crippen LogP contribution in [-0.4, -0.2) is 15.7 Å². The summed E-state index contributed by atoms with van der Waals surface area (Å²) in [6, 6.07) is 7.04. The Morgan fingerprint density at radius 1 is 1.25 bits per heavy atom. The van der Waals surface area contributed by atoms with Gasteiger partial charge in [-0.2, -0.15) is 0 Å². The number of fused-ring (bicyclic) bond motifs is 1. The summed E-state index contributed by atoms with van der Waals surface area (Å²) in [7, 11) is 0. The van der Waals surface area contributed by atoms with E-state index in [1.807, 2.05) is 26.0 Å². The summed E-state index contributed by atoms with van der Waals surface area (Å²) in [6.45, 7) is 3.86. The van der Waals surface area contributed by atoms with E-state index in [1.54, 1.807) is 18.3 Å². The van der Waals surface area contributed by atoms with Gasteiger partial charge in [-0.3, -0.25) is 9.20 Å². The van der Waals surface area contributed by atoms with Crippen molar-refractivity contribution in [2.45, 2.75) is 32.6 Å². The van der Waals surface area contributed by atoms with Crippen molar-refractivity contribution in [3.63, 3.8) is 0 Å². The van der Waals surface area contributed by atoms with Crippen LogP contribution in [0.25, 0.3) is 16.6 Å². The highest BCUT2D eigenvalue weighted by Crippen LogP contribution is 2.44. The Kier molecular flexibility index (Phi) is 4.31. The van der Waals surface area contributed by atoms with Crippen LogP contribution in [0.1, 0.15) is 35.4 Å². The molecule has 1 fully saturated rings. The lowest BCUT2D eigenvalue weighted by Crippen LogP contribution is -2.20. The Morgan fingerprint density at radius 2 is 1.96 bits per heavy atom. The third kappa shape index (κ3) is 2.99. The van der Waals surface area contributed by atoms with Crippen LogP contribution in [0.15, 0.2) is 35.3 Å². The highest BCUT2D eigenvalue weighted by molar-refractivity contribution is 6.33. The summed E-state index contributed by atoms with van der Waals surface area (Å²) in [5.74, 6) is 0.102. The molecule has 2 aromatic heterocycles. The predicted molar refractivity (Wildman–Crippen MR) is 109 cm³/mol. The van der Waals surface area contributed by atoms with Crippen molar-refractivity contribution in [3.8, 4) is 16.9 Å². The van der Waals surface area contributed by atoms with Gasteiger partial charge >= 0.3 is 6.16 Å². The molecule has 7 heteroatoms. The minimum Gasteiger partial charge on any atom is -0.449 e. The molecule has 3 aromatic rings. The summed E-state index contributed by atoms with van der Waals surface area (Å²) < 4.78 is 6.18. The highest BCUT2D eigenvalue weighted by atomic mass is 35.5. The molecule has 3 N–H and O–H groups in total. The summed E-state index contributed by atoms with van der Waals surface area (Å²) in [5, 5.41) is 9.48. The summed E-state index contributed by atoms with van der Waals surface area (Å²) in [6.07, 6.45) is 2.12. The third-order valence-electron chi connectivity index (χ3n) is 5.24. The van der Waals surface area contributed by atoms with Crippen molar-refractivity contribution in [1.82, 2.24) is 4.40 Å². The van der Waals surface area contributed by atoms with Crippen molar-refractivity contribution in [3.05, 3.63) is 62.5 Å². The number of carboxylic acid groups (broad SMARTS) is 1. The Hall–Kier alpha value is -2.99. The minimum atomic E-state index is -1.50. The molecule has 144 valence electrons. The molecule has 6 nitrogen and oxygen atoms in total. The summed E-state index contributed by atoms with van der Waals surface area (Å²) >= 11 is 6.45. The Balaban J connectivity index is 2.02. The van der Waals surface area contributed by atoms with Gasteiger partial charge in [-0.05, 0) is 79.1 Å². The number of nitrogen functional groups attached to an aromatic ring is 1. The van der Waals surface area contributed by atoms with E-state index in [0.29, 0.717) is 10.7 Å². The normalized spacial score (nSPS) is 13.7. The maximum Gasteiger partial charge on any atom is 0.511 e. The molecular formula is C21H19ClN2O4. The highest BCUT2D eigenvalue weighted by Gasteiger charge is 2.29. The zero-order valence-electron chi connectivity index (χ0n) is 15.5. The first kappa shape index (κ1) is 18.4. The van der Waals surface area contributed by atoms with Gasteiger partial charge in [0.25, 0.3) is 5.56 Å². The van der Waals surface area contributed by atoms with E-state index in [9.17, 15) is 9.59 Å². The third-order valence-corrected chi connectivity index (χ3v) is 5.55. The maximum absolute atomic E-state index is 12.8. The lowest BCUT2D eigenvalue weighted by molar-refractivity contribution is 0.143. The van der Waals surface area contributed by atoms with E-state index in [-0.39, 0.29) is 11.7 Å². The van der Waals surface area contributed by atoms with Gasteiger partial charge in [0.2, 0.25) is 0 Å². The molecule has 1 aliphatic carbocycles. The first-order valence-electron chi connectivity index (χ1n) is 8.93. The minimum absolute atomic E-state index is 0.180. The van der Waals surface area contributed by atoms with E-state index in [2.05, 4.69) is 0 Å². The van der Waals surface area contributed by atoms with Crippen LogP contribution >= 0.6 is 11.6 Å². The van der Waals surface area contributed by atoms with Crippen LogP contribution in [-0.2, 0) is 0 Å². The Morgan fingerprint density at radius 3 is 2.61 bits per heavy atom. The largest absolute Gasteiger partial charge is 0.511 e. The second-order valence-electron chi connectivity index (χ2n) is 7.17. The van der Waals surface area contributed by atoms with Crippen LogP contribution in [0, 0.1) is 13.8 Å². The van der Waals surface area contributed by atoms with Gasteiger partial charge < -0.3 is 15.6 Å². The molecule has 1 aliphatic rings. The molecule has 0 bridgehead atoms. The van der Waals surface area contributed by atoms with Crippen LogP contribution in [0.2, 0.25) is 5.02 Å². The molecule has 4 rings (SSSR count). The molecule has 1 saturated carbocycles. The SMILES string of the molecule is Cc1cc(-c2ccn3c(=O)c(OC(=O)O)cc(C4CC4)c3c2C)c(Cl)cc1N. The number of pyridine rings is 2. The van der Waals surface area contributed by atoms with Crippen LogP contribution in [0.5, 0.6) is 5.75 Å². The molecule has 0 atom stereocenters. The number of aryl methyl sites for hydroxylation is 2. The van der Waals surface area contributed by atoms with Crippen LogP contribution in [0.3, 0.4) is 0 Å². The fourth-order valence-electron chi connectivity index (χ4n) is 3.64. The van der Waals surface area contributed by atoms with E-state index in [1.165, 1.54) is 4.40 Å². The molecule has 0 aliphatic heterocycles. The van der Waals surface area contributed by atoms with Gasteiger partial charge in [0.05, 0.1) is 10.5 Å². The van der Waals surface area contributed by atoms with E-state index >= 15 is 0 Å². The zero-order valence-corrected chi connectivity index (χ0v) is 16.2. The molecule has 0 spiro atoms. The van der Waals surface area contributed by atoms with Gasteiger partial charge in [0, 0.05) is 17.4 Å². The van der Waals surface area contributed by atoms with Crippen molar-refractivity contribution >= 4 is 29.0 Å². The molecular weight excluding hydrogens is 380 g/mol. The van der Waals surface area contributed by atoms with Gasteiger partial charge in [-0.25, -0.2) is 4.79 Å². The number of halogens is 1. The second-order valence-corrected chi connectivity index (χ2v) is 7.58. The lowest BCUT2D eigenvalue weighted by Gasteiger charge is -2.17.